The molecular weight excluding hydrogens is 422 g/mol. The second-order valence-electron chi connectivity index (χ2n) is 8.45. The highest BCUT2D eigenvalue weighted by Gasteiger charge is 2.28. The molecule has 4 rings (SSSR count). The van der Waals surface area contributed by atoms with Crippen molar-refractivity contribution in [2.24, 2.45) is 11.8 Å². The average Bonchev–Trinajstić information content (AvgIpc) is 2.81. The molecule has 2 aromatic carbocycles. The lowest BCUT2D eigenvalue weighted by atomic mass is 9.78. The summed E-state index contributed by atoms with van der Waals surface area (Å²) in [6.45, 7) is 4.47. The van der Waals surface area contributed by atoms with Crippen LogP contribution in [0.2, 0.25) is 0 Å². The number of carbonyl (C=O) groups is 1. The van der Waals surface area contributed by atoms with Crippen LogP contribution in [0.25, 0.3) is 16.6 Å². The van der Waals surface area contributed by atoms with E-state index < -0.39 is 0 Å². The van der Waals surface area contributed by atoms with Crippen molar-refractivity contribution in [3.8, 4) is 11.4 Å². The van der Waals surface area contributed by atoms with E-state index in [1.165, 1.54) is 18.2 Å². The van der Waals surface area contributed by atoms with Crippen molar-refractivity contribution in [1.82, 2.24) is 14.9 Å². The molecule has 1 heterocycles. The van der Waals surface area contributed by atoms with E-state index in [1.54, 1.807) is 17.7 Å². The van der Waals surface area contributed by atoms with Crippen molar-refractivity contribution >= 4 is 28.6 Å². The molecule has 1 aliphatic carbocycles. The SMILES string of the molecule is COc1ccccc1-n1c(SCC(=O)N[C@@H]2CCC[C@@H](C)[C@@H]2C)nc2ccccc2c1=O. The Kier molecular flexibility index (Phi) is 6.84. The van der Waals surface area contributed by atoms with Gasteiger partial charge in [0.25, 0.3) is 5.56 Å². The number of rotatable bonds is 6. The number of para-hydroxylation sites is 3. The second kappa shape index (κ2) is 9.77. The molecule has 0 spiro atoms. The number of aromatic nitrogens is 2. The van der Waals surface area contributed by atoms with Crippen LogP contribution in [-0.2, 0) is 4.79 Å². The summed E-state index contributed by atoms with van der Waals surface area (Å²) >= 11 is 1.27. The van der Waals surface area contributed by atoms with Crippen LogP contribution in [0.3, 0.4) is 0 Å². The number of carbonyl (C=O) groups excluding carboxylic acids is 1. The molecule has 3 atom stereocenters. The largest absolute Gasteiger partial charge is 0.495 e. The Bertz CT molecular complexity index is 1180. The van der Waals surface area contributed by atoms with E-state index in [4.69, 9.17) is 9.72 Å². The van der Waals surface area contributed by atoms with Crippen molar-refractivity contribution in [3.05, 3.63) is 58.9 Å². The van der Waals surface area contributed by atoms with Gasteiger partial charge in [-0.2, -0.15) is 0 Å². The number of thioether (sulfide) groups is 1. The third-order valence-electron chi connectivity index (χ3n) is 6.46. The van der Waals surface area contributed by atoms with Crippen LogP contribution in [-0.4, -0.2) is 34.4 Å². The van der Waals surface area contributed by atoms with Gasteiger partial charge in [0.1, 0.15) is 5.75 Å². The Labute approximate surface area is 192 Å². The molecule has 3 aromatic rings. The van der Waals surface area contributed by atoms with E-state index in [1.807, 2.05) is 42.5 Å². The topological polar surface area (TPSA) is 73.2 Å². The molecule has 6 nitrogen and oxygen atoms in total. The lowest BCUT2D eigenvalue weighted by Gasteiger charge is -2.34. The summed E-state index contributed by atoms with van der Waals surface area (Å²) in [5, 5.41) is 4.20. The van der Waals surface area contributed by atoms with Gasteiger partial charge in [-0.15, -0.1) is 0 Å². The van der Waals surface area contributed by atoms with Crippen molar-refractivity contribution in [2.45, 2.75) is 44.3 Å². The molecule has 1 N–H and O–H groups in total. The van der Waals surface area contributed by atoms with Gasteiger partial charge < -0.3 is 10.1 Å². The summed E-state index contributed by atoms with van der Waals surface area (Å²) in [6.07, 6.45) is 3.37. The van der Waals surface area contributed by atoms with Crippen molar-refractivity contribution in [3.63, 3.8) is 0 Å². The number of methoxy groups -OCH3 is 1. The number of fused-ring (bicyclic) bond motifs is 1. The normalized spacial score (nSPS) is 20.8. The molecule has 1 saturated carbocycles. The van der Waals surface area contributed by atoms with Crippen LogP contribution in [0.15, 0.2) is 58.5 Å². The average molecular weight is 452 g/mol. The van der Waals surface area contributed by atoms with Gasteiger partial charge in [0.05, 0.1) is 29.5 Å². The molecule has 0 unspecified atom stereocenters. The number of nitrogens with one attached hydrogen (secondary N) is 1. The smallest absolute Gasteiger partial charge is 0.266 e. The van der Waals surface area contributed by atoms with Gasteiger partial charge in [-0.3, -0.25) is 14.2 Å². The molecule has 32 heavy (non-hydrogen) atoms. The molecule has 1 aromatic heterocycles. The number of nitrogens with zero attached hydrogens (tertiary/aromatic N) is 2. The number of benzene rings is 2. The Morgan fingerprint density at radius 1 is 1.16 bits per heavy atom. The van der Waals surface area contributed by atoms with Gasteiger partial charge >= 0.3 is 0 Å². The number of amides is 1. The Morgan fingerprint density at radius 2 is 1.91 bits per heavy atom. The van der Waals surface area contributed by atoms with E-state index in [0.717, 1.165) is 12.8 Å². The highest BCUT2D eigenvalue weighted by molar-refractivity contribution is 7.99. The first kappa shape index (κ1) is 22.4. The standard InChI is InChI=1S/C25H29N3O3S/c1-16-9-8-12-19(17(16)2)26-23(29)15-32-25-27-20-11-5-4-10-18(20)24(30)28(25)21-13-6-7-14-22(21)31-3/h4-7,10-11,13-14,16-17,19H,8-9,12,15H2,1-3H3,(H,26,29)/t16-,17+,19-/m1/s1. The minimum absolute atomic E-state index is 0.0325. The van der Waals surface area contributed by atoms with E-state index >= 15 is 0 Å². The minimum atomic E-state index is -0.183. The predicted octanol–water partition coefficient (Wildman–Crippen LogP) is 4.43. The molecular formula is C25H29N3O3S. The van der Waals surface area contributed by atoms with E-state index in [-0.39, 0.29) is 23.3 Å². The third-order valence-corrected chi connectivity index (χ3v) is 7.40. The zero-order valence-electron chi connectivity index (χ0n) is 18.7. The van der Waals surface area contributed by atoms with Gasteiger partial charge in [0.2, 0.25) is 5.91 Å². The highest BCUT2D eigenvalue weighted by Crippen LogP contribution is 2.30. The zero-order chi connectivity index (χ0) is 22.7. The van der Waals surface area contributed by atoms with Gasteiger partial charge in [-0.25, -0.2) is 4.98 Å². The first-order valence-corrected chi connectivity index (χ1v) is 12.1. The summed E-state index contributed by atoms with van der Waals surface area (Å²) < 4.78 is 7.04. The lowest BCUT2D eigenvalue weighted by molar-refractivity contribution is -0.120. The van der Waals surface area contributed by atoms with Crippen LogP contribution in [0, 0.1) is 11.8 Å². The fraction of sp³-hybridized carbons (Fsp3) is 0.400. The Balaban J connectivity index is 1.64. The van der Waals surface area contributed by atoms with Gasteiger partial charge in [-0.1, -0.05) is 62.7 Å². The van der Waals surface area contributed by atoms with Crippen molar-refractivity contribution < 1.29 is 9.53 Å². The minimum Gasteiger partial charge on any atom is -0.495 e. The summed E-state index contributed by atoms with van der Waals surface area (Å²) in [5.41, 5.74) is 1.04. The number of ether oxygens (including phenoxy) is 1. The molecule has 0 radical (unpaired) electrons. The first-order valence-electron chi connectivity index (χ1n) is 11.1. The van der Waals surface area contributed by atoms with Crippen molar-refractivity contribution in [1.29, 1.82) is 0 Å². The van der Waals surface area contributed by atoms with Gasteiger partial charge in [0.15, 0.2) is 5.16 Å². The monoisotopic (exact) mass is 451 g/mol. The predicted molar refractivity (Wildman–Crippen MR) is 129 cm³/mol. The lowest BCUT2D eigenvalue weighted by Crippen LogP contribution is -2.44. The number of hydrogen-bond donors (Lipinski definition) is 1. The van der Waals surface area contributed by atoms with E-state index in [0.29, 0.717) is 39.3 Å². The van der Waals surface area contributed by atoms with Crippen LogP contribution in [0.1, 0.15) is 33.1 Å². The zero-order valence-corrected chi connectivity index (χ0v) is 19.5. The molecule has 7 heteroatoms. The van der Waals surface area contributed by atoms with Crippen LogP contribution >= 0.6 is 11.8 Å². The second-order valence-corrected chi connectivity index (χ2v) is 9.40. The van der Waals surface area contributed by atoms with Gasteiger partial charge in [0, 0.05) is 6.04 Å². The Hall–Kier alpha value is -2.80. The first-order chi connectivity index (χ1) is 15.5. The number of hydrogen-bond acceptors (Lipinski definition) is 5. The molecule has 0 aliphatic heterocycles. The maximum atomic E-state index is 13.4. The van der Waals surface area contributed by atoms with E-state index in [2.05, 4.69) is 19.2 Å². The fourth-order valence-corrected chi connectivity index (χ4v) is 5.22. The van der Waals surface area contributed by atoms with Crippen LogP contribution in [0.4, 0.5) is 0 Å². The summed E-state index contributed by atoms with van der Waals surface area (Å²) in [4.78, 5) is 30.9. The summed E-state index contributed by atoms with van der Waals surface area (Å²) in [7, 11) is 1.57. The molecule has 0 saturated heterocycles. The third kappa shape index (κ3) is 4.53. The maximum Gasteiger partial charge on any atom is 0.266 e. The highest BCUT2D eigenvalue weighted by atomic mass is 32.2. The van der Waals surface area contributed by atoms with Crippen molar-refractivity contribution in [2.75, 3.05) is 12.9 Å². The van der Waals surface area contributed by atoms with Crippen LogP contribution < -0.4 is 15.6 Å². The molecule has 168 valence electrons. The fourth-order valence-electron chi connectivity index (χ4n) is 4.40. The quantitative estimate of drug-likeness (QED) is 0.443. The molecule has 1 fully saturated rings. The summed E-state index contributed by atoms with van der Waals surface area (Å²) in [6, 6.07) is 14.8. The molecule has 1 amide bonds. The molecule has 1 aliphatic rings. The van der Waals surface area contributed by atoms with Gasteiger partial charge in [-0.05, 0) is 42.5 Å². The Morgan fingerprint density at radius 3 is 2.72 bits per heavy atom. The maximum absolute atomic E-state index is 13.4. The van der Waals surface area contributed by atoms with Crippen LogP contribution in [0.5, 0.6) is 5.75 Å². The molecule has 0 bridgehead atoms. The van der Waals surface area contributed by atoms with E-state index in [9.17, 15) is 9.59 Å². The summed E-state index contributed by atoms with van der Waals surface area (Å²) in [5.74, 6) is 1.80.